The Hall–Kier alpha value is 0.100. The van der Waals surface area contributed by atoms with Crippen LogP contribution in [-0.4, -0.2) is 19.3 Å². The first-order valence-electron chi connectivity index (χ1n) is 6.33. The zero-order valence-electron chi connectivity index (χ0n) is 10.3. The van der Waals surface area contributed by atoms with Crippen LogP contribution in [-0.2, 0) is 11.3 Å². The fraction of sp³-hybridized carbons (Fsp3) is 0.692. The van der Waals surface area contributed by atoms with Crippen LogP contribution in [0.4, 0.5) is 0 Å². The molecule has 1 unspecified atom stereocenters. The second-order valence-electron chi connectivity index (χ2n) is 4.57. The third-order valence-corrected chi connectivity index (χ3v) is 5.26. The van der Waals surface area contributed by atoms with E-state index in [-0.39, 0.29) is 0 Å². The van der Waals surface area contributed by atoms with Crippen molar-refractivity contribution in [2.24, 2.45) is 0 Å². The molecule has 0 amide bonds. The summed E-state index contributed by atoms with van der Waals surface area (Å²) in [5, 5.41) is 3.50. The monoisotopic (exact) mass is 317 g/mol. The van der Waals surface area contributed by atoms with Crippen LogP contribution in [0.25, 0.3) is 0 Å². The third-order valence-electron chi connectivity index (χ3n) is 3.12. The number of rotatable bonds is 5. The number of hydrogen-bond acceptors (Lipinski definition) is 3. The largest absolute Gasteiger partial charge is 0.378 e. The lowest BCUT2D eigenvalue weighted by molar-refractivity contribution is 0.0115. The number of nitrogens with one attached hydrogen (secondary N) is 1. The van der Waals surface area contributed by atoms with Crippen molar-refractivity contribution < 1.29 is 4.74 Å². The first-order valence-corrected chi connectivity index (χ1v) is 7.94. The molecule has 0 aromatic carbocycles. The molecule has 96 valence electrons. The Bertz CT molecular complexity index is 328. The summed E-state index contributed by atoms with van der Waals surface area (Å²) in [6.45, 7) is 5.14. The molecule has 2 nitrogen and oxygen atoms in total. The number of ether oxygens (including phenoxy) is 1. The molecule has 17 heavy (non-hydrogen) atoms. The fourth-order valence-electron chi connectivity index (χ4n) is 2.11. The van der Waals surface area contributed by atoms with Gasteiger partial charge in [-0.3, -0.25) is 0 Å². The van der Waals surface area contributed by atoms with Crippen LogP contribution in [0.15, 0.2) is 10.5 Å². The van der Waals surface area contributed by atoms with Crippen LogP contribution in [0.3, 0.4) is 0 Å². The summed E-state index contributed by atoms with van der Waals surface area (Å²) < 4.78 is 6.94. The van der Waals surface area contributed by atoms with Gasteiger partial charge in [0.25, 0.3) is 0 Å². The minimum absolute atomic E-state index is 0.494. The Morgan fingerprint density at radius 1 is 1.53 bits per heavy atom. The molecule has 1 aliphatic rings. The highest BCUT2D eigenvalue weighted by Gasteiger charge is 2.12. The zero-order valence-corrected chi connectivity index (χ0v) is 12.7. The summed E-state index contributed by atoms with van der Waals surface area (Å²) in [4.78, 5) is 2.76. The van der Waals surface area contributed by atoms with E-state index in [4.69, 9.17) is 4.74 Å². The zero-order chi connectivity index (χ0) is 12.1. The second kappa shape index (κ2) is 6.88. The van der Waals surface area contributed by atoms with E-state index in [1.54, 1.807) is 0 Å². The van der Waals surface area contributed by atoms with Gasteiger partial charge in [0.05, 0.1) is 6.10 Å². The quantitative estimate of drug-likeness (QED) is 0.832. The van der Waals surface area contributed by atoms with Crippen molar-refractivity contribution in [2.45, 2.75) is 45.3 Å². The summed E-state index contributed by atoms with van der Waals surface area (Å²) in [5.74, 6) is 0. The van der Waals surface area contributed by atoms with Crippen molar-refractivity contribution in [1.29, 1.82) is 0 Å². The van der Waals surface area contributed by atoms with E-state index in [9.17, 15) is 0 Å². The predicted molar refractivity (Wildman–Crippen MR) is 76.7 cm³/mol. The van der Waals surface area contributed by atoms with E-state index in [1.807, 2.05) is 11.3 Å². The highest BCUT2D eigenvalue weighted by molar-refractivity contribution is 9.10. The van der Waals surface area contributed by atoms with Gasteiger partial charge in [-0.2, -0.15) is 0 Å². The lowest BCUT2D eigenvalue weighted by atomic mass is 10.1. The molecule has 1 fully saturated rings. The average molecular weight is 318 g/mol. The van der Waals surface area contributed by atoms with Gasteiger partial charge in [-0.05, 0) is 61.1 Å². The predicted octanol–water partition coefficient (Wildman–Crippen LogP) is 3.87. The molecular formula is C13H20BrNOS. The van der Waals surface area contributed by atoms with Crippen LogP contribution in [0.5, 0.6) is 0 Å². The standard InChI is InChI=1S/C13H20BrNOS/c1-10-13(14)8-12(17-10)9-15-6-5-11-4-2-3-7-16-11/h8,11,15H,2-7,9H2,1H3. The van der Waals surface area contributed by atoms with E-state index in [0.717, 1.165) is 26.1 Å². The van der Waals surface area contributed by atoms with Gasteiger partial charge < -0.3 is 10.1 Å². The van der Waals surface area contributed by atoms with Gasteiger partial charge in [0, 0.05) is 27.4 Å². The molecule has 1 aliphatic heterocycles. The second-order valence-corrected chi connectivity index (χ2v) is 6.77. The Morgan fingerprint density at radius 3 is 3.06 bits per heavy atom. The molecule has 0 saturated carbocycles. The van der Waals surface area contributed by atoms with Gasteiger partial charge in [0.2, 0.25) is 0 Å². The van der Waals surface area contributed by atoms with Crippen molar-refractivity contribution in [3.8, 4) is 0 Å². The lowest BCUT2D eigenvalue weighted by Crippen LogP contribution is -2.24. The van der Waals surface area contributed by atoms with Crippen LogP contribution in [0.2, 0.25) is 0 Å². The molecular weight excluding hydrogens is 298 g/mol. The molecule has 1 N–H and O–H groups in total. The molecule has 0 radical (unpaired) electrons. The van der Waals surface area contributed by atoms with E-state index in [2.05, 4.69) is 34.2 Å². The van der Waals surface area contributed by atoms with Gasteiger partial charge in [-0.15, -0.1) is 11.3 Å². The average Bonchev–Trinajstić information content (AvgIpc) is 2.66. The molecule has 0 bridgehead atoms. The first-order chi connectivity index (χ1) is 8.25. The van der Waals surface area contributed by atoms with Gasteiger partial charge in [0.15, 0.2) is 0 Å². The summed E-state index contributed by atoms with van der Waals surface area (Å²) in [5.41, 5.74) is 0. The van der Waals surface area contributed by atoms with Crippen molar-refractivity contribution in [1.82, 2.24) is 5.32 Å². The maximum atomic E-state index is 5.71. The summed E-state index contributed by atoms with van der Waals surface area (Å²) in [6, 6.07) is 2.21. The minimum Gasteiger partial charge on any atom is -0.378 e. The highest BCUT2D eigenvalue weighted by atomic mass is 79.9. The maximum absolute atomic E-state index is 5.71. The summed E-state index contributed by atoms with van der Waals surface area (Å²) in [7, 11) is 0. The van der Waals surface area contributed by atoms with E-state index < -0.39 is 0 Å². The molecule has 0 spiro atoms. The molecule has 1 atom stereocenters. The number of aryl methyl sites for hydroxylation is 1. The lowest BCUT2D eigenvalue weighted by Gasteiger charge is -2.22. The first kappa shape index (κ1) is 13.5. The number of thiophene rings is 1. The van der Waals surface area contributed by atoms with E-state index in [1.165, 1.54) is 33.5 Å². The Balaban J connectivity index is 1.62. The van der Waals surface area contributed by atoms with Crippen LogP contribution in [0, 0.1) is 6.92 Å². The maximum Gasteiger partial charge on any atom is 0.0587 e. The van der Waals surface area contributed by atoms with Crippen molar-refractivity contribution >= 4 is 27.3 Å². The molecule has 1 aromatic heterocycles. The summed E-state index contributed by atoms with van der Waals surface area (Å²) in [6.07, 6.45) is 5.46. The molecule has 2 rings (SSSR count). The van der Waals surface area contributed by atoms with Crippen LogP contribution in [0.1, 0.15) is 35.4 Å². The molecule has 1 saturated heterocycles. The number of hydrogen-bond donors (Lipinski definition) is 1. The van der Waals surface area contributed by atoms with Gasteiger partial charge in [0.1, 0.15) is 0 Å². The van der Waals surface area contributed by atoms with Crippen LogP contribution >= 0.6 is 27.3 Å². The van der Waals surface area contributed by atoms with Crippen LogP contribution < -0.4 is 5.32 Å². The Labute approximate surface area is 116 Å². The van der Waals surface area contributed by atoms with Gasteiger partial charge in [-0.1, -0.05) is 0 Å². The highest BCUT2D eigenvalue weighted by Crippen LogP contribution is 2.26. The SMILES string of the molecule is Cc1sc(CNCCC2CCCCO2)cc1Br. The summed E-state index contributed by atoms with van der Waals surface area (Å²) >= 11 is 5.41. The molecule has 1 aromatic rings. The minimum atomic E-state index is 0.494. The normalized spacial score (nSPS) is 20.7. The number of halogens is 1. The fourth-order valence-corrected chi connectivity index (χ4v) is 3.69. The van der Waals surface area contributed by atoms with Crippen molar-refractivity contribution in [3.63, 3.8) is 0 Å². The van der Waals surface area contributed by atoms with Crippen molar-refractivity contribution in [2.75, 3.05) is 13.2 Å². The van der Waals surface area contributed by atoms with E-state index in [0.29, 0.717) is 6.10 Å². The smallest absolute Gasteiger partial charge is 0.0587 e. The van der Waals surface area contributed by atoms with Gasteiger partial charge in [-0.25, -0.2) is 0 Å². The Kier molecular flexibility index (Phi) is 5.48. The third kappa shape index (κ3) is 4.36. The molecule has 4 heteroatoms. The topological polar surface area (TPSA) is 21.3 Å². The van der Waals surface area contributed by atoms with Crippen molar-refractivity contribution in [3.05, 3.63) is 20.3 Å². The van der Waals surface area contributed by atoms with Gasteiger partial charge >= 0.3 is 0 Å². The molecule has 2 heterocycles. The molecule has 0 aliphatic carbocycles. The van der Waals surface area contributed by atoms with E-state index >= 15 is 0 Å². The Morgan fingerprint density at radius 2 is 2.41 bits per heavy atom.